The van der Waals surface area contributed by atoms with Crippen LogP contribution in [0.3, 0.4) is 0 Å². The second-order valence-electron chi connectivity index (χ2n) is 6.36. The zero-order valence-electron chi connectivity index (χ0n) is 12.7. The molecule has 1 aromatic rings. The Kier molecular flexibility index (Phi) is 4.30. The second-order valence-corrected chi connectivity index (χ2v) is 6.36. The average molecular weight is 273 g/mol. The highest BCUT2D eigenvalue weighted by atomic mass is 16.5. The third-order valence-electron chi connectivity index (χ3n) is 4.80. The van der Waals surface area contributed by atoms with Gasteiger partial charge in [-0.2, -0.15) is 0 Å². The van der Waals surface area contributed by atoms with Crippen molar-refractivity contribution < 1.29 is 4.74 Å². The molecule has 2 aliphatic rings. The van der Waals surface area contributed by atoms with Gasteiger partial charge in [0.1, 0.15) is 5.75 Å². The number of nitrogens with one attached hydrogen (secondary N) is 1. The summed E-state index contributed by atoms with van der Waals surface area (Å²) >= 11 is 0. The van der Waals surface area contributed by atoms with E-state index in [-0.39, 0.29) is 5.54 Å². The Morgan fingerprint density at radius 2 is 1.95 bits per heavy atom. The molecule has 0 spiro atoms. The van der Waals surface area contributed by atoms with Crippen LogP contribution < -0.4 is 10.1 Å². The van der Waals surface area contributed by atoms with Crippen molar-refractivity contribution >= 4 is 0 Å². The maximum Gasteiger partial charge on any atom is 0.119 e. The van der Waals surface area contributed by atoms with E-state index in [1.54, 1.807) is 0 Å². The van der Waals surface area contributed by atoms with E-state index in [1.165, 1.54) is 50.6 Å². The number of benzene rings is 1. The van der Waals surface area contributed by atoms with E-state index in [9.17, 15) is 0 Å². The fraction of sp³-hybridized carbons (Fsp3) is 0.667. The quantitative estimate of drug-likeness (QED) is 0.866. The molecule has 2 nitrogen and oxygen atoms in total. The Labute approximate surface area is 122 Å². The lowest BCUT2D eigenvalue weighted by molar-refractivity contribution is 0.278. The van der Waals surface area contributed by atoms with Gasteiger partial charge in [0.05, 0.1) is 6.61 Å². The van der Waals surface area contributed by atoms with Crippen molar-refractivity contribution in [2.24, 2.45) is 5.92 Å². The standard InChI is InChI=1S/C18H27NO/c1-2-14-20-17-10-8-16(9-11-17)18(15-6-7-15)12-4-3-5-13-19-18/h8-11,15,19H,2-7,12-14H2,1H3. The van der Waals surface area contributed by atoms with Crippen LogP contribution in [-0.4, -0.2) is 13.2 Å². The van der Waals surface area contributed by atoms with Crippen LogP contribution in [0.25, 0.3) is 0 Å². The van der Waals surface area contributed by atoms with Gasteiger partial charge in [0.2, 0.25) is 0 Å². The van der Waals surface area contributed by atoms with Gasteiger partial charge in [-0.05, 0) is 62.3 Å². The first-order chi connectivity index (χ1) is 9.85. The highest BCUT2D eigenvalue weighted by Gasteiger charge is 2.45. The van der Waals surface area contributed by atoms with Crippen LogP contribution in [0.4, 0.5) is 0 Å². The van der Waals surface area contributed by atoms with Crippen molar-refractivity contribution in [3.63, 3.8) is 0 Å². The van der Waals surface area contributed by atoms with E-state index < -0.39 is 0 Å². The predicted octanol–water partition coefficient (Wildman–Crippen LogP) is 4.24. The van der Waals surface area contributed by atoms with Crippen molar-refractivity contribution in [2.75, 3.05) is 13.2 Å². The number of hydrogen-bond acceptors (Lipinski definition) is 2. The van der Waals surface area contributed by atoms with Crippen LogP contribution in [-0.2, 0) is 5.54 Å². The Bertz CT molecular complexity index is 414. The van der Waals surface area contributed by atoms with Crippen molar-refractivity contribution in [2.45, 2.75) is 57.4 Å². The smallest absolute Gasteiger partial charge is 0.119 e. The Hall–Kier alpha value is -1.02. The molecule has 1 N–H and O–H groups in total. The van der Waals surface area contributed by atoms with E-state index in [0.29, 0.717) is 0 Å². The zero-order valence-corrected chi connectivity index (χ0v) is 12.7. The summed E-state index contributed by atoms with van der Waals surface area (Å²) in [4.78, 5) is 0. The molecule has 110 valence electrons. The van der Waals surface area contributed by atoms with Crippen LogP contribution in [0, 0.1) is 5.92 Å². The zero-order chi connectivity index (χ0) is 13.8. The first-order valence-electron chi connectivity index (χ1n) is 8.33. The Balaban J connectivity index is 1.80. The Morgan fingerprint density at radius 3 is 2.65 bits per heavy atom. The minimum Gasteiger partial charge on any atom is -0.494 e. The van der Waals surface area contributed by atoms with Crippen LogP contribution in [0.1, 0.15) is 57.4 Å². The van der Waals surface area contributed by atoms with E-state index >= 15 is 0 Å². The van der Waals surface area contributed by atoms with E-state index in [4.69, 9.17) is 4.74 Å². The van der Waals surface area contributed by atoms with Crippen LogP contribution in [0.5, 0.6) is 5.75 Å². The van der Waals surface area contributed by atoms with Crippen LogP contribution in [0.2, 0.25) is 0 Å². The maximum atomic E-state index is 5.71. The molecule has 1 saturated carbocycles. The fourth-order valence-corrected chi connectivity index (χ4v) is 3.58. The van der Waals surface area contributed by atoms with Gasteiger partial charge in [-0.3, -0.25) is 0 Å². The Morgan fingerprint density at radius 1 is 1.15 bits per heavy atom. The first-order valence-corrected chi connectivity index (χ1v) is 8.33. The summed E-state index contributed by atoms with van der Waals surface area (Å²) in [6.45, 7) is 4.13. The highest BCUT2D eigenvalue weighted by Crippen LogP contribution is 2.49. The molecule has 1 atom stereocenters. The fourth-order valence-electron chi connectivity index (χ4n) is 3.58. The summed E-state index contributed by atoms with van der Waals surface area (Å²) in [5.74, 6) is 1.86. The topological polar surface area (TPSA) is 21.3 Å². The van der Waals surface area contributed by atoms with Gasteiger partial charge in [0.15, 0.2) is 0 Å². The van der Waals surface area contributed by atoms with Crippen LogP contribution >= 0.6 is 0 Å². The summed E-state index contributed by atoms with van der Waals surface area (Å²) in [6.07, 6.45) is 9.20. The van der Waals surface area contributed by atoms with E-state index in [2.05, 4.69) is 36.5 Å². The van der Waals surface area contributed by atoms with Gasteiger partial charge in [-0.25, -0.2) is 0 Å². The summed E-state index contributed by atoms with van der Waals surface area (Å²) in [5.41, 5.74) is 1.73. The monoisotopic (exact) mass is 273 g/mol. The number of rotatable bonds is 5. The number of ether oxygens (including phenoxy) is 1. The molecule has 1 aromatic carbocycles. The van der Waals surface area contributed by atoms with Crippen molar-refractivity contribution in [3.8, 4) is 5.75 Å². The largest absolute Gasteiger partial charge is 0.494 e. The lowest BCUT2D eigenvalue weighted by Gasteiger charge is -2.35. The minimum absolute atomic E-state index is 0.250. The summed E-state index contributed by atoms with van der Waals surface area (Å²) in [6, 6.07) is 8.90. The molecule has 0 amide bonds. The molecule has 0 radical (unpaired) electrons. The van der Waals surface area contributed by atoms with E-state index in [0.717, 1.165) is 24.7 Å². The molecule has 3 rings (SSSR count). The first kappa shape index (κ1) is 13.9. The molecule has 1 aliphatic heterocycles. The van der Waals surface area contributed by atoms with Crippen molar-refractivity contribution in [1.82, 2.24) is 5.32 Å². The molecular weight excluding hydrogens is 246 g/mol. The molecule has 1 unspecified atom stereocenters. The van der Waals surface area contributed by atoms with Gasteiger partial charge < -0.3 is 10.1 Å². The molecule has 1 saturated heterocycles. The molecule has 20 heavy (non-hydrogen) atoms. The van der Waals surface area contributed by atoms with Crippen molar-refractivity contribution in [3.05, 3.63) is 29.8 Å². The van der Waals surface area contributed by atoms with Crippen molar-refractivity contribution in [1.29, 1.82) is 0 Å². The van der Waals surface area contributed by atoms with Gasteiger partial charge in [-0.15, -0.1) is 0 Å². The van der Waals surface area contributed by atoms with E-state index in [1.807, 2.05) is 0 Å². The summed E-state index contributed by atoms with van der Waals surface area (Å²) in [5, 5.41) is 3.90. The lowest BCUT2D eigenvalue weighted by atomic mass is 9.81. The average Bonchev–Trinajstić information content (AvgIpc) is 3.31. The SMILES string of the molecule is CCCOc1ccc(C2(C3CC3)CCCCCN2)cc1. The molecule has 1 heterocycles. The third kappa shape index (κ3) is 2.85. The molecule has 2 fully saturated rings. The molecule has 2 heteroatoms. The number of hydrogen-bond donors (Lipinski definition) is 1. The third-order valence-corrected chi connectivity index (χ3v) is 4.80. The molecule has 0 aromatic heterocycles. The summed E-state index contributed by atoms with van der Waals surface area (Å²) in [7, 11) is 0. The molecule has 0 bridgehead atoms. The normalized spacial score (nSPS) is 27.1. The van der Waals surface area contributed by atoms with Gasteiger partial charge >= 0.3 is 0 Å². The van der Waals surface area contributed by atoms with Crippen LogP contribution in [0.15, 0.2) is 24.3 Å². The summed E-state index contributed by atoms with van der Waals surface area (Å²) < 4.78 is 5.71. The molecule has 1 aliphatic carbocycles. The lowest BCUT2D eigenvalue weighted by Crippen LogP contribution is -2.43. The molecular formula is C18H27NO. The van der Waals surface area contributed by atoms with Gasteiger partial charge in [-0.1, -0.05) is 31.9 Å². The minimum atomic E-state index is 0.250. The second kappa shape index (κ2) is 6.17. The maximum absolute atomic E-state index is 5.71. The predicted molar refractivity (Wildman–Crippen MR) is 83.1 cm³/mol. The van der Waals surface area contributed by atoms with Gasteiger partial charge in [0.25, 0.3) is 0 Å². The highest BCUT2D eigenvalue weighted by molar-refractivity contribution is 5.34. The van der Waals surface area contributed by atoms with Gasteiger partial charge in [0, 0.05) is 5.54 Å².